The van der Waals surface area contributed by atoms with Crippen molar-refractivity contribution in [3.8, 4) is 0 Å². The number of nitrogens with zero attached hydrogens (tertiary/aromatic N) is 2. The zero-order valence-electron chi connectivity index (χ0n) is 21.5. The molecule has 1 fully saturated rings. The molecule has 1 amide bonds. The lowest BCUT2D eigenvalue weighted by Gasteiger charge is -2.51. The molecule has 3 aromatic carbocycles. The highest BCUT2D eigenvalue weighted by atomic mass is 35.5. The molecule has 6 rings (SSSR count). The first-order valence-corrected chi connectivity index (χ1v) is 13.9. The maximum Gasteiger partial charge on any atom is 0.256 e. The fourth-order valence-electron chi connectivity index (χ4n) is 6.79. The van der Waals surface area contributed by atoms with Crippen LogP contribution in [0.25, 0.3) is 10.9 Å². The second kappa shape index (κ2) is 9.62. The number of nitrogens with one attached hydrogen (secondary N) is 1. The summed E-state index contributed by atoms with van der Waals surface area (Å²) in [6.45, 7) is 0.611. The number of aromatic amines is 1. The van der Waals surface area contributed by atoms with Crippen molar-refractivity contribution in [1.82, 2.24) is 9.88 Å². The molecule has 1 N–H and O–H groups in total. The number of hydrogen-bond donors (Lipinski definition) is 1. The Labute approximate surface area is 232 Å². The molecule has 0 saturated heterocycles. The number of rotatable bonds is 3. The van der Waals surface area contributed by atoms with E-state index in [4.69, 9.17) is 23.2 Å². The number of carbonyl (C=O) groups is 1. The lowest BCUT2D eigenvalue weighted by Crippen LogP contribution is -2.55. The molecule has 1 aliphatic heterocycles. The molecule has 196 valence electrons. The van der Waals surface area contributed by atoms with Crippen LogP contribution in [0.4, 0.5) is 10.1 Å². The highest BCUT2D eigenvalue weighted by Crippen LogP contribution is 2.52. The Bertz CT molecular complexity index is 1540. The largest absolute Gasteiger partial charge is 0.375 e. The summed E-state index contributed by atoms with van der Waals surface area (Å²) in [7, 11) is 3.78. The maximum atomic E-state index is 14.8. The van der Waals surface area contributed by atoms with Gasteiger partial charge in [0.1, 0.15) is 5.82 Å². The summed E-state index contributed by atoms with van der Waals surface area (Å²) in [5, 5.41) is 2.09. The van der Waals surface area contributed by atoms with Gasteiger partial charge in [0.15, 0.2) is 0 Å². The van der Waals surface area contributed by atoms with Crippen LogP contribution in [0, 0.1) is 5.82 Å². The predicted molar refractivity (Wildman–Crippen MR) is 153 cm³/mol. The lowest BCUT2D eigenvalue weighted by molar-refractivity contribution is 0.0226. The standard InChI is InChI=1S/C31H30Cl2FN3O/c1-36(2)28-21(7-5-8-26(28)34)19-12-15-31(16-13-19)29-23(22-6-3-4-9-27(22)35-29)14-17-37(31)30(38)24-11-10-20(32)18-25(24)33/h3-11,18-19,35H,12-17H2,1-2H3. The summed E-state index contributed by atoms with van der Waals surface area (Å²) >= 11 is 12.7. The van der Waals surface area contributed by atoms with Gasteiger partial charge in [0.25, 0.3) is 5.91 Å². The smallest absolute Gasteiger partial charge is 0.256 e. The number of halogens is 3. The molecule has 1 aromatic heterocycles. The van der Waals surface area contributed by atoms with Gasteiger partial charge in [0.2, 0.25) is 0 Å². The monoisotopic (exact) mass is 549 g/mol. The second-order valence-corrected chi connectivity index (χ2v) is 11.6. The van der Waals surface area contributed by atoms with E-state index in [1.165, 1.54) is 17.0 Å². The topological polar surface area (TPSA) is 39.3 Å². The van der Waals surface area contributed by atoms with E-state index in [1.54, 1.807) is 24.3 Å². The molecule has 1 spiro atoms. The summed E-state index contributed by atoms with van der Waals surface area (Å²) in [6, 6.07) is 18.8. The van der Waals surface area contributed by atoms with E-state index in [9.17, 15) is 9.18 Å². The molecule has 0 radical (unpaired) electrons. The first-order valence-electron chi connectivity index (χ1n) is 13.1. The third-order valence-electron chi connectivity index (χ3n) is 8.51. The number of H-pyrrole nitrogens is 1. The molecule has 2 aliphatic rings. The van der Waals surface area contributed by atoms with Crippen LogP contribution >= 0.6 is 23.2 Å². The van der Waals surface area contributed by atoms with Gasteiger partial charge in [-0.15, -0.1) is 0 Å². The Morgan fingerprint density at radius 2 is 1.82 bits per heavy atom. The Morgan fingerprint density at radius 3 is 2.55 bits per heavy atom. The number of carbonyl (C=O) groups excluding carboxylic acids is 1. The molecular formula is C31H30Cl2FN3O. The third kappa shape index (κ3) is 3.99. The third-order valence-corrected chi connectivity index (χ3v) is 9.05. The number of para-hydroxylation sites is 2. The average molecular weight is 551 g/mol. The van der Waals surface area contributed by atoms with Crippen molar-refractivity contribution in [1.29, 1.82) is 0 Å². The van der Waals surface area contributed by atoms with E-state index in [2.05, 4.69) is 23.2 Å². The first-order chi connectivity index (χ1) is 18.3. The van der Waals surface area contributed by atoms with Gasteiger partial charge in [-0.05, 0) is 79.5 Å². The van der Waals surface area contributed by atoms with Gasteiger partial charge >= 0.3 is 0 Å². The molecule has 4 nitrogen and oxygen atoms in total. The van der Waals surface area contributed by atoms with Crippen LogP contribution in [0.15, 0.2) is 60.7 Å². The van der Waals surface area contributed by atoms with E-state index in [-0.39, 0.29) is 17.6 Å². The predicted octanol–water partition coefficient (Wildman–Crippen LogP) is 7.93. The van der Waals surface area contributed by atoms with E-state index in [0.29, 0.717) is 27.8 Å². The summed E-state index contributed by atoms with van der Waals surface area (Å²) < 4.78 is 14.8. The van der Waals surface area contributed by atoms with E-state index < -0.39 is 5.54 Å². The molecule has 2 heterocycles. The van der Waals surface area contributed by atoms with Crippen LogP contribution in [0.2, 0.25) is 10.0 Å². The van der Waals surface area contributed by atoms with Crippen molar-refractivity contribution in [2.24, 2.45) is 0 Å². The normalized spacial score (nSPS) is 21.1. The molecule has 1 saturated carbocycles. The highest BCUT2D eigenvalue weighted by molar-refractivity contribution is 6.36. The van der Waals surface area contributed by atoms with Crippen molar-refractivity contribution in [3.05, 3.63) is 98.9 Å². The summed E-state index contributed by atoms with van der Waals surface area (Å²) in [6.07, 6.45) is 4.01. The van der Waals surface area contributed by atoms with Gasteiger partial charge in [-0.2, -0.15) is 0 Å². The van der Waals surface area contributed by atoms with Crippen LogP contribution < -0.4 is 4.90 Å². The number of amides is 1. The minimum absolute atomic E-state index is 0.0749. The Morgan fingerprint density at radius 1 is 1.05 bits per heavy atom. The lowest BCUT2D eigenvalue weighted by atomic mass is 9.69. The van der Waals surface area contributed by atoms with Gasteiger partial charge in [0, 0.05) is 42.3 Å². The Balaban J connectivity index is 1.43. The van der Waals surface area contributed by atoms with E-state index in [0.717, 1.165) is 48.9 Å². The minimum atomic E-state index is -0.491. The quantitative estimate of drug-likeness (QED) is 0.281. The SMILES string of the molecule is CN(C)c1c(F)cccc1C1CCC2(CC1)c1[nH]c3ccccc3c1CCN2C(=O)c1ccc(Cl)cc1Cl. The molecule has 1 aliphatic carbocycles. The van der Waals surface area contributed by atoms with Crippen molar-refractivity contribution in [2.75, 3.05) is 25.5 Å². The van der Waals surface area contributed by atoms with Crippen molar-refractivity contribution in [2.45, 2.75) is 43.6 Å². The molecular weight excluding hydrogens is 520 g/mol. The fraction of sp³-hybridized carbons (Fsp3) is 0.323. The number of fused-ring (bicyclic) bond motifs is 4. The van der Waals surface area contributed by atoms with Crippen molar-refractivity contribution in [3.63, 3.8) is 0 Å². The van der Waals surface area contributed by atoms with Gasteiger partial charge in [-0.25, -0.2) is 4.39 Å². The van der Waals surface area contributed by atoms with Crippen LogP contribution in [0.1, 0.15) is 58.8 Å². The maximum absolute atomic E-state index is 14.8. The van der Waals surface area contributed by atoms with Crippen molar-refractivity contribution >= 4 is 45.7 Å². The molecule has 7 heteroatoms. The number of anilines is 1. The van der Waals surface area contributed by atoms with E-state index in [1.807, 2.05) is 36.0 Å². The zero-order valence-corrected chi connectivity index (χ0v) is 23.0. The van der Waals surface area contributed by atoms with Crippen LogP contribution in [0.3, 0.4) is 0 Å². The first kappa shape index (κ1) is 25.3. The van der Waals surface area contributed by atoms with Gasteiger partial charge in [0.05, 0.1) is 21.8 Å². The second-order valence-electron chi connectivity index (χ2n) is 10.7. The van der Waals surface area contributed by atoms with Crippen LogP contribution in [-0.4, -0.2) is 36.4 Å². The highest BCUT2D eigenvalue weighted by Gasteiger charge is 2.49. The van der Waals surface area contributed by atoms with E-state index >= 15 is 0 Å². The van der Waals surface area contributed by atoms with Crippen molar-refractivity contribution < 1.29 is 9.18 Å². The minimum Gasteiger partial charge on any atom is -0.375 e. The number of aromatic nitrogens is 1. The molecule has 4 aromatic rings. The molecule has 0 unspecified atom stereocenters. The summed E-state index contributed by atoms with van der Waals surface area (Å²) in [4.78, 5) is 21.7. The Kier molecular flexibility index (Phi) is 6.40. The molecule has 38 heavy (non-hydrogen) atoms. The fourth-order valence-corrected chi connectivity index (χ4v) is 7.28. The molecule has 0 atom stereocenters. The Hall–Kier alpha value is -3.02. The van der Waals surface area contributed by atoms with Gasteiger partial charge in [-0.3, -0.25) is 4.79 Å². The van der Waals surface area contributed by atoms with Gasteiger partial charge in [-0.1, -0.05) is 53.5 Å². The molecule has 0 bridgehead atoms. The van der Waals surface area contributed by atoms with Crippen LogP contribution in [0.5, 0.6) is 0 Å². The summed E-state index contributed by atoms with van der Waals surface area (Å²) in [5.74, 6) is -0.0637. The number of benzene rings is 3. The zero-order chi connectivity index (χ0) is 26.6. The van der Waals surface area contributed by atoms with Gasteiger partial charge < -0.3 is 14.8 Å². The summed E-state index contributed by atoms with van der Waals surface area (Å²) in [5.41, 5.74) is 5.20. The average Bonchev–Trinajstić information content (AvgIpc) is 3.29. The van der Waals surface area contributed by atoms with Crippen LogP contribution in [-0.2, 0) is 12.0 Å². The number of hydrogen-bond acceptors (Lipinski definition) is 2.